The van der Waals surface area contributed by atoms with Crippen LogP contribution in [0.1, 0.15) is 11.1 Å². The number of benzene rings is 3. The maximum atomic E-state index is 12.3. The summed E-state index contributed by atoms with van der Waals surface area (Å²) < 4.78 is 1.84. The molecular weight excluding hydrogens is 358 g/mol. The Bertz CT molecular complexity index is 1130. The van der Waals surface area contributed by atoms with Gasteiger partial charge in [0.1, 0.15) is 0 Å². The average molecular weight is 379 g/mol. The molecule has 0 atom stereocenters. The number of rotatable bonds is 5. The minimum atomic E-state index is -0.182. The molecule has 4 heteroatoms. The number of aryl methyl sites for hydroxylation is 1. The highest BCUT2D eigenvalue weighted by molar-refractivity contribution is 6.02. The predicted molar refractivity (Wildman–Crippen MR) is 118 cm³/mol. The van der Waals surface area contributed by atoms with Crippen LogP contribution in [0.2, 0.25) is 0 Å². The Labute approximate surface area is 170 Å². The lowest BCUT2D eigenvalue weighted by molar-refractivity contribution is -0.111. The predicted octanol–water partition coefficient (Wildman–Crippen LogP) is 5.50. The number of nitrogens with one attached hydrogen (secondary N) is 1. The second-order valence-corrected chi connectivity index (χ2v) is 6.77. The minimum absolute atomic E-state index is 0.182. The van der Waals surface area contributed by atoms with E-state index in [1.54, 1.807) is 6.08 Å². The molecule has 0 radical (unpaired) electrons. The lowest BCUT2D eigenvalue weighted by Gasteiger charge is -2.02. The first-order valence-corrected chi connectivity index (χ1v) is 9.45. The number of para-hydroxylation sites is 2. The van der Waals surface area contributed by atoms with E-state index in [9.17, 15) is 4.79 Å². The smallest absolute Gasteiger partial charge is 0.248 e. The van der Waals surface area contributed by atoms with Crippen molar-refractivity contribution in [2.24, 2.45) is 0 Å². The summed E-state index contributed by atoms with van der Waals surface area (Å²) >= 11 is 0. The first kappa shape index (κ1) is 18.4. The van der Waals surface area contributed by atoms with Crippen LogP contribution in [0.15, 0.2) is 97.2 Å². The van der Waals surface area contributed by atoms with Crippen LogP contribution in [0.4, 0.5) is 5.69 Å². The van der Waals surface area contributed by atoms with Gasteiger partial charge in [-0.05, 0) is 37.3 Å². The fourth-order valence-electron chi connectivity index (χ4n) is 3.03. The van der Waals surface area contributed by atoms with Crippen LogP contribution in [-0.2, 0) is 4.79 Å². The largest absolute Gasteiger partial charge is 0.323 e. The fourth-order valence-corrected chi connectivity index (χ4v) is 3.03. The summed E-state index contributed by atoms with van der Waals surface area (Å²) in [7, 11) is 0. The number of carbonyl (C=O) groups is 1. The van der Waals surface area contributed by atoms with Crippen molar-refractivity contribution in [1.82, 2.24) is 9.78 Å². The standard InChI is InChI=1S/C25H21N3O/c1-19-12-14-20(15-13-19)25-21(18-28(27-25)23-10-6-3-7-11-23)16-17-24(29)26-22-8-4-2-5-9-22/h2-18H,1H3,(H,26,29). The monoisotopic (exact) mass is 379 g/mol. The van der Waals surface area contributed by atoms with Crippen molar-refractivity contribution < 1.29 is 4.79 Å². The maximum Gasteiger partial charge on any atom is 0.248 e. The van der Waals surface area contributed by atoms with Crippen LogP contribution in [0, 0.1) is 6.92 Å². The summed E-state index contributed by atoms with van der Waals surface area (Å²) in [6, 6.07) is 27.6. The Morgan fingerprint density at radius 1 is 0.897 bits per heavy atom. The van der Waals surface area contributed by atoms with Gasteiger partial charge >= 0.3 is 0 Å². The molecule has 0 saturated carbocycles. The van der Waals surface area contributed by atoms with E-state index in [-0.39, 0.29) is 5.91 Å². The fraction of sp³-hybridized carbons (Fsp3) is 0.0400. The van der Waals surface area contributed by atoms with Gasteiger partial charge in [-0.25, -0.2) is 4.68 Å². The zero-order valence-electron chi connectivity index (χ0n) is 16.1. The number of aromatic nitrogens is 2. The van der Waals surface area contributed by atoms with Gasteiger partial charge in [-0.15, -0.1) is 0 Å². The molecule has 0 fully saturated rings. The van der Waals surface area contributed by atoms with Gasteiger partial charge in [-0.3, -0.25) is 4.79 Å². The summed E-state index contributed by atoms with van der Waals surface area (Å²) in [6.45, 7) is 2.06. The van der Waals surface area contributed by atoms with Crippen molar-refractivity contribution in [3.63, 3.8) is 0 Å². The molecular formula is C25H21N3O. The van der Waals surface area contributed by atoms with Crippen LogP contribution >= 0.6 is 0 Å². The molecule has 0 aliphatic heterocycles. The van der Waals surface area contributed by atoms with Gasteiger partial charge in [0.25, 0.3) is 0 Å². The Kier molecular flexibility index (Phi) is 5.34. The maximum absolute atomic E-state index is 12.3. The summed E-state index contributed by atoms with van der Waals surface area (Å²) in [4.78, 5) is 12.3. The van der Waals surface area contributed by atoms with Crippen molar-refractivity contribution in [3.05, 3.63) is 108 Å². The molecule has 3 aromatic carbocycles. The molecule has 29 heavy (non-hydrogen) atoms. The minimum Gasteiger partial charge on any atom is -0.323 e. The van der Waals surface area contributed by atoms with Crippen molar-refractivity contribution in [1.29, 1.82) is 0 Å². The molecule has 142 valence electrons. The van der Waals surface area contributed by atoms with Crippen LogP contribution in [0.25, 0.3) is 23.0 Å². The third-order valence-corrected chi connectivity index (χ3v) is 4.54. The molecule has 0 bridgehead atoms. The number of amides is 1. The van der Waals surface area contributed by atoms with Gasteiger partial charge in [0.2, 0.25) is 5.91 Å². The SMILES string of the molecule is Cc1ccc(-c2nn(-c3ccccc3)cc2C=CC(=O)Nc2ccccc2)cc1. The van der Waals surface area contributed by atoms with Gasteiger partial charge in [-0.1, -0.05) is 66.2 Å². The number of nitrogens with zero attached hydrogens (tertiary/aromatic N) is 2. The highest BCUT2D eigenvalue weighted by atomic mass is 16.1. The van der Waals surface area contributed by atoms with Gasteiger partial charge < -0.3 is 5.32 Å². The number of hydrogen-bond donors (Lipinski definition) is 1. The third-order valence-electron chi connectivity index (χ3n) is 4.54. The van der Waals surface area contributed by atoms with Gasteiger partial charge in [0.15, 0.2) is 0 Å². The molecule has 0 aliphatic carbocycles. The number of anilines is 1. The Balaban J connectivity index is 1.66. The van der Waals surface area contributed by atoms with E-state index in [1.165, 1.54) is 11.6 Å². The summed E-state index contributed by atoms with van der Waals surface area (Å²) in [5.41, 5.74) is 5.64. The van der Waals surface area contributed by atoms with Crippen molar-refractivity contribution in [2.45, 2.75) is 6.92 Å². The van der Waals surface area contributed by atoms with Gasteiger partial charge in [0.05, 0.1) is 11.4 Å². The molecule has 4 rings (SSSR count). The Morgan fingerprint density at radius 2 is 1.55 bits per heavy atom. The molecule has 0 aliphatic rings. The zero-order valence-corrected chi connectivity index (χ0v) is 16.1. The molecule has 0 saturated heterocycles. The third kappa shape index (κ3) is 4.50. The zero-order chi connectivity index (χ0) is 20.1. The van der Waals surface area contributed by atoms with Gasteiger partial charge in [-0.2, -0.15) is 5.10 Å². The normalized spacial score (nSPS) is 10.9. The highest BCUT2D eigenvalue weighted by Gasteiger charge is 2.11. The van der Waals surface area contributed by atoms with E-state index >= 15 is 0 Å². The highest BCUT2D eigenvalue weighted by Crippen LogP contribution is 2.25. The van der Waals surface area contributed by atoms with E-state index < -0.39 is 0 Å². The van der Waals surface area contributed by atoms with Crippen LogP contribution < -0.4 is 5.32 Å². The number of carbonyl (C=O) groups excluding carboxylic acids is 1. The van der Waals surface area contributed by atoms with Crippen LogP contribution in [0.5, 0.6) is 0 Å². The first-order chi connectivity index (χ1) is 14.2. The topological polar surface area (TPSA) is 46.9 Å². The van der Waals surface area contributed by atoms with E-state index in [0.29, 0.717) is 0 Å². The molecule has 1 aromatic heterocycles. The summed E-state index contributed by atoms with van der Waals surface area (Å²) in [6.07, 6.45) is 5.29. The second kappa shape index (κ2) is 8.40. The lowest BCUT2D eigenvalue weighted by Crippen LogP contribution is -2.07. The molecule has 4 nitrogen and oxygen atoms in total. The summed E-state index contributed by atoms with van der Waals surface area (Å²) in [5, 5.41) is 7.64. The van der Waals surface area contributed by atoms with Crippen LogP contribution in [-0.4, -0.2) is 15.7 Å². The molecule has 1 N–H and O–H groups in total. The number of hydrogen-bond acceptors (Lipinski definition) is 2. The average Bonchev–Trinajstić information content (AvgIpc) is 3.18. The molecule has 1 amide bonds. The van der Waals surface area contributed by atoms with E-state index in [4.69, 9.17) is 5.10 Å². The summed E-state index contributed by atoms with van der Waals surface area (Å²) in [5.74, 6) is -0.182. The van der Waals surface area contributed by atoms with E-state index in [0.717, 1.165) is 28.2 Å². The Hall–Kier alpha value is -3.92. The first-order valence-electron chi connectivity index (χ1n) is 9.45. The second-order valence-electron chi connectivity index (χ2n) is 6.77. The van der Waals surface area contributed by atoms with Crippen molar-refractivity contribution >= 4 is 17.7 Å². The Morgan fingerprint density at radius 3 is 2.24 bits per heavy atom. The molecule has 0 spiro atoms. The van der Waals surface area contributed by atoms with Gasteiger partial charge in [0, 0.05) is 29.1 Å². The molecule has 1 heterocycles. The van der Waals surface area contributed by atoms with E-state index in [2.05, 4.69) is 24.4 Å². The quantitative estimate of drug-likeness (QED) is 0.466. The van der Waals surface area contributed by atoms with Crippen molar-refractivity contribution in [2.75, 3.05) is 5.32 Å². The molecule has 4 aromatic rings. The van der Waals surface area contributed by atoms with Crippen LogP contribution in [0.3, 0.4) is 0 Å². The van der Waals surface area contributed by atoms with E-state index in [1.807, 2.05) is 83.7 Å². The lowest BCUT2D eigenvalue weighted by atomic mass is 10.1. The molecule has 0 unspecified atom stereocenters. The van der Waals surface area contributed by atoms with Crippen molar-refractivity contribution in [3.8, 4) is 16.9 Å².